The number of carbonyl (C=O) groups excluding carboxylic acids is 1. The fourth-order valence-electron chi connectivity index (χ4n) is 1.48. The van der Waals surface area contributed by atoms with Crippen LogP contribution >= 0.6 is 0 Å². The largest absolute Gasteiger partial charge is 0.478 e. The molecule has 8 heteroatoms. The molecule has 20 heavy (non-hydrogen) atoms. The van der Waals surface area contributed by atoms with Crippen molar-refractivity contribution >= 4 is 17.6 Å². The van der Waals surface area contributed by atoms with Crippen LogP contribution in [0.15, 0.2) is 18.2 Å². The topological polar surface area (TPSA) is 116 Å². The first kappa shape index (κ1) is 15.6. The Morgan fingerprint density at radius 2 is 2.05 bits per heavy atom. The molecule has 0 aromatic heterocycles. The third-order valence-electron chi connectivity index (χ3n) is 2.42. The van der Waals surface area contributed by atoms with Crippen molar-refractivity contribution in [2.24, 2.45) is 0 Å². The summed E-state index contributed by atoms with van der Waals surface area (Å²) in [5, 5.41) is 19.6. The average molecular weight is 283 g/mol. The molecule has 0 aliphatic carbocycles. The minimum absolute atomic E-state index is 0.0602. The van der Waals surface area contributed by atoms with Gasteiger partial charge in [0.15, 0.2) is 0 Å². The van der Waals surface area contributed by atoms with Gasteiger partial charge in [0.1, 0.15) is 6.61 Å². The Balaban J connectivity index is 2.86. The van der Waals surface area contributed by atoms with Gasteiger partial charge < -0.3 is 14.6 Å². The van der Waals surface area contributed by atoms with Crippen LogP contribution in [0.2, 0.25) is 0 Å². The number of nitro groups is 1. The number of nitro benzene ring substituents is 1. The minimum atomic E-state index is -1.34. The normalized spacial score (nSPS) is 10.1. The van der Waals surface area contributed by atoms with Crippen molar-refractivity contribution in [1.82, 2.24) is 0 Å². The monoisotopic (exact) mass is 283 g/mol. The van der Waals surface area contributed by atoms with E-state index >= 15 is 0 Å². The van der Waals surface area contributed by atoms with E-state index < -0.39 is 16.9 Å². The molecule has 1 aromatic rings. The lowest BCUT2D eigenvalue weighted by atomic mass is 10.0. The van der Waals surface area contributed by atoms with Gasteiger partial charge in [-0.3, -0.25) is 14.9 Å². The Kier molecular flexibility index (Phi) is 5.60. The molecule has 0 aliphatic rings. The zero-order valence-corrected chi connectivity index (χ0v) is 10.7. The van der Waals surface area contributed by atoms with Gasteiger partial charge in [0.25, 0.3) is 5.69 Å². The number of rotatable bonds is 7. The molecule has 8 nitrogen and oxygen atoms in total. The third kappa shape index (κ3) is 4.32. The highest BCUT2D eigenvalue weighted by Crippen LogP contribution is 2.19. The van der Waals surface area contributed by atoms with E-state index in [0.717, 1.165) is 12.1 Å². The van der Waals surface area contributed by atoms with Gasteiger partial charge in [-0.15, -0.1) is 0 Å². The zero-order valence-electron chi connectivity index (χ0n) is 10.7. The number of methoxy groups -OCH3 is 1. The summed E-state index contributed by atoms with van der Waals surface area (Å²) in [5.41, 5.74) is -0.479. The quantitative estimate of drug-likeness (QED) is 0.343. The second-order valence-corrected chi connectivity index (χ2v) is 3.79. The molecule has 0 bridgehead atoms. The summed E-state index contributed by atoms with van der Waals surface area (Å²) < 4.78 is 9.51. The van der Waals surface area contributed by atoms with E-state index in [9.17, 15) is 19.7 Å². The summed E-state index contributed by atoms with van der Waals surface area (Å²) in [7, 11) is 1.45. The predicted molar refractivity (Wildman–Crippen MR) is 66.6 cm³/mol. The van der Waals surface area contributed by atoms with Crippen LogP contribution in [0.25, 0.3) is 0 Å². The number of aromatic carboxylic acids is 1. The zero-order chi connectivity index (χ0) is 15.1. The average Bonchev–Trinajstić information content (AvgIpc) is 2.38. The number of carboxylic acid groups (broad SMARTS) is 1. The highest BCUT2D eigenvalue weighted by atomic mass is 16.6. The highest BCUT2D eigenvalue weighted by molar-refractivity contribution is 5.91. The first-order chi connectivity index (χ1) is 9.45. The maximum atomic E-state index is 11.5. The lowest BCUT2D eigenvalue weighted by molar-refractivity contribution is -0.384. The van der Waals surface area contributed by atoms with Crippen LogP contribution in [0.4, 0.5) is 5.69 Å². The Morgan fingerprint density at radius 3 is 2.60 bits per heavy atom. The van der Waals surface area contributed by atoms with Gasteiger partial charge >= 0.3 is 11.9 Å². The van der Waals surface area contributed by atoms with E-state index in [4.69, 9.17) is 14.6 Å². The van der Waals surface area contributed by atoms with Crippen LogP contribution in [0.1, 0.15) is 15.9 Å². The van der Waals surface area contributed by atoms with E-state index in [2.05, 4.69) is 0 Å². The second kappa shape index (κ2) is 7.19. The Morgan fingerprint density at radius 1 is 1.35 bits per heavy atom. The van der Waals surface area contributed by atoms with E-state index in [0.29, 0.717) is 0 Å². The smallest absolute Gasteiger partial charge is 0.336 e. The molecular weight excluding hydrogens is 270 g/mol. The maximum Gasteiger partial charge on any atom is 0.336 e. The Labute approximate surface area is 114 Å². The SMILES string of the molecule is COCCOC(=O)Cc1ccc([N+](=O)[O-])cc1C(=O)O. The molecule has 0 radical (unpaired) electrons. The number of hydrogen-bond donors (Lipinski definition) is 1. The number of nitrogens with zero attached hydrogens (tertiary/aromatic N) is 1. The number of esters is 1. The van der Waals surface area contributed by atoms with Crippen molar-refractivity contribution in [3.63, 3.8) is 0 Å². The van der Waals surface area contributed by atoms with E-state index in [1.165, 1.54) is 13.2 Å². The van der Waals surface area contributed by atoms with Crippen LogP contribution in [-0.2, 0) is 20.7 Å². The summed E-state index contributed by atoms with van der Waals surface area (Å²) in [6.45, 7) is 0.294. The molecular formula is C12H13NO7. The molecule has 1 aromatic carbocycles. The first-order valence-electron chi connectivity index (χ1n) is 5.61. The van der Waals surface area contributed by atoms with Crippen molar-refractivity contribution in [1.29, 1.82) is 0 Å². The van der Waals surface area contributed by atoms with Crippen LogP contribution in [0, 0.1) is 10.1 Å². The molecule has 0 atom stereocenters. The van der Waals surface area contributed by atoms with E-state index in [-0.39, 0.29) is 36.4 Å². The van der Waals surface area contributed by atoms with Crippen molar-refractivity contribution in [2.75, 3.05) is 20.3 Å². The van der Waals surface area contributed by atoms with Gasteiger partial charge in [-0.1, -0.05) is 6.07 Å². The highest BCUT2D eigenvalue weighted by Gasteiger charge is 2.18. The van der Waals surface area contributed by atoms with Crippen LogP contribution in [0.5, 0.6) is 0 Å². The van der Waals surface area contributed by atoms with Gasteiger partial charge in [-0.2, -0.15) is 0 Å². The molecule has 0 aliphatic heterocycles. The van der Waals surface area contributed by atoms with Gasteiger partial charge in [0.05, 0.1) is 23.5 Å². The Bertz CT molecular complexity index is 527. The minimum Gasteiger partial charge on any atom is -0.478 e. The van der Waals surface area contributed by atoms with Crippen molar-refractivity contribution in [3.05, 3.63) is 39.4 Å². The molecule has 0 amide bonds. The summed E-state index contributed by atoms with van der Waals surface area (Å²) in [6.07, 6.45) is -0.274. The number of non-ortho nitro benzene ring substituents is 1. The fraction of sp³-hybridized carbons (Fsp3) is 0.333. The first-order valence-corrected chi connectivity index (χ1v) is 5.61. The molecule has 0 fully saturated rings. The summed E-state index contributed by atoms with van der Waals surface area (Å²) >= 11 is 0. The van der Waals surface area contributed by atoms with Crippen LogP contribution in [-0.4, -0.2) is 42.3 Å². The maximum absolute atomic E-state index is 11.5. The van der Waals surface area contributed by atoms with Crippen LogP contribution in [0.3, 0.4) is 0 Å². The van der Waals surface area contributed by atoms with Gasteiger partial charge in [-0.05, 0) is 5.56 Å². The van der Waals surface area contributed by atoms with Gasteiger partial charge in [0.2, 0.25) is 0 Å². The number of benzene rings is 1. The number of carbonyl (C=O) groups is 2. The molecule has 0 heterocycles. The lowest BCUT2D eigenvalue weighted by Gasteiger charge is -2.06. The Hall–Kier alpha value is -2.48. The van der Waals surface area contributed by atoms with E-state index in [1.54, 1.807) is 0 Å². The molecule has 1 N–H and O–H groups in total. The summed E-state index contributed by atoms with van der Waals surface area (Å²) in [6, 6.07) is 3.30. The second-order valence-electron chi connectivity index (χ2n) is 3.79. The molecule has 108 valence electrons. The summed E-state index contributed by atoms with van der Waals surface area (Å²) in [4.78, 5) is 32.4. The molecule has 1 rings (SSSR count). The third-order valence-corrected chi connectivity index (χ3v) is 2.42. The van der Waals surface area contributed by atoms with Crippen molar-refractivity contribution < 1.29 is 29.1 Å². The van der Waals surface area contributed by atoms with Crippen molar-refractivity contribution in [2.45, 2.75) is 6.42 Å². The predicted octanol–water partition coefficient (Wildman–Crippen LogP) is 1.03. The van der Waals surface area contributed by atoms with Gasteiger partial charge in [0, 0.05) is 19.2 Å². The standard InChI is InChI=1S/C12H13NO7/c1-19-4-5-20-11(14)6-8-2-3-9(13(17)18)7-10(8)12(15)16/h2-3,7H,4-6H2,1H3,(H,15,16). The van der Waals surface area contributed by atoms with Crippen LogP contribution < -0.4 is 0 Å². The summed E-state index contributed by atoms with van der Waals surface area (Å²) in [5.74, 6) is -1.97. The fourth-order valence-corrected chi connectivity index (χ4v) is 1.48. The number of carboxylic acids is 1. The number of hydrogen-bond acceptors (Lipinski definition) is 6. The van der Waals surface area contributed by atoms with E-state index in [1.807, 2.05) is 0 Å². The lowest BCUT2D eigenvalue weighted by Crippen LogP contribution is -2.14. The van der Waals surface area contributed by atoms with Gasteiger partial charge in [-0.25, -0.2) is 4.79 Å². The molecule has 0 spiro atoms. The molecule has 0 saturated carbocycles. The molecule has 0 saturated heterocycles. The number of ether oxygens (including phenoxy) is 2. The molecule has 0 unspecified atom stereocenters. The van der Waals surface area contributed by atoms with Crippen molar-refractivity contribution in [3.8, 4) is 0 Å².